The number of piperidine rings is 1. The number of Topliss-reactive ketones (excluding diaryl/α,β-unsaturated/α-hetero) is 1. The van der Waals surface area contributed by atoms with Gasteiger partial charge in [0, 0.05) is 41.3 Å². The van der Waals surface area contributed by atoms with Crippen molar-refractivity contribution < 1.29 is 14.3 Å². The molecule has 6 heteroatoms. The van der Waals surface area contributed by atoms with Gasteiger partial charge in [0.25, 0.3) is 0 Å². The molecule has 1 saturated heterocycles. The molecule has 0 unspecified atom stereocenters. The summed E-state index contributed by atoms with van der Waals surface area (Å²) in [6.45, 7) is 1.11. The van der Waals surface area contributed by atoms with Gasteiger partial charge in [-0.2, -0.15) is 0 Å². The van der Waals surface area contributed by atoms with Crippen LogP contribution in [-0.4, -0.2) is 36.9 Å². The molecule has 3 rings (SSSR count). The summed E-state index contributed by atoms with van der Waals surface area (Å²) >= 11 is 5.87. The van der Waals surface area contributed by atoms with Crippen LogP contribution in [0.2, 0.25) is 5.02 Å². The number of hydrogen-bond donors (Lipinski definition) is 1. The highest BCUT2D eigenvalue weighted by molar-refractivity contribution is 6.30. The van der Waals surface area contributed by atoms with Crippen molar-refractivity contribution in [1.82, 2.24) is 4.90 Å². The first-order valence-electron chi connectivity index (χ1n) is 8.56. The Bertz CT molecular complexity index is 784. The molecule has 26 heavy (non-hydrogen) atoms. The van der Waals surface area contributed by atoms with Crippen LogP contribution in [0.4, 0.5) is 10.5 Å². The molecule has 1 fully saturated rings. The van der Waals surface area contributed by atoms with Crippen LogP contribution in [-0.2, 0) is 0 Å². The molecule has 0 atom stereocenters. The molecule has 0 aliphatic carbocycles. The molecule has 1 heterocycles. The number of carbonyl (C=O) groups is 2. The standard InChI is InChI=1S/C20H21ClN2O3/c1-26-18-4-2-3-17(13-18)22-20(25)23-11-9-15(10-12-23)19(24)14-5-7-16(21)8-6-14/h2-8,13,15H,9-12H2,1H3,(H,22,25). The number of benzene rings is 2. The maximum absolute atomic E-state index is 12.6. The largest absolute Gasteiger partial charge is 0.497 e. The minimum atomic E-state index is -0.157. The van der Waals surface area contributed by atoms with E-state index in [0.29, 0.717) is 48.0 Å². The van der Waals surface area contributed by atoms with E-state index in [0.717, 1.165) is 0 Å². The molecule has 2 amide bonds. The fourth-order valence-electron chi connectivity index (χ4n) is 3.10. The van der Waals surface area contributed by atoms with Gasteiger partial charge < -0.3 is 15.0 Å². The SMILES string of the molecule is COc1cccc(NC(=O)N2CCC(C(=O)c3ccc(Cl)cc3)CC2)c1. The number of ketones is 1. The van der Waals surface area contributed by atoms with Gasteiger partial charge in [-0.1, -0.05) is 17.7 Å². The van der Waals surface area contributed by atoms with Crippen molar-refractivity contribution in [3.05, 3.63) is 59.1 Å². The molecule has 0 spiro atoms. The molecule has 1 N–H and O–H groups in total. The molecule has 5 nitrogen and oxygen atoms in total. The van der Waals surface area contributed by atoms with Gasteiger partial charge in [0.1, 0.15) is 5.75 Å². The molecule has 0 aromatic heterocycles. The Morgan fingerprint density at radius 2 is 1.81 bits per heavy atom. The fraction of sp³-hybridized carbons (Fsp3) is 0.300. The lowest BCUT2D eigenvalue weighted by Gasteiger charge is -2.31. The molecular formula is C20H21ClN2O3. The monoisotopic (exact) mass is 372 g/mol. The highest BCUT2D eigenvalue weighted by atomic mass is 35.5. The predicted octanol–water partition coefficient (Wildman–Crippen LogP) is 4.48. The predicted molar refractivity (Wildman–Crippen MR) is 102 cm³/mol. The number of nitrogens with one attached hydrogen (secondary N) is 1. The number of amides is 2. The molecule has 136 valence electrons. The van der Waals surface area contributed by atoms with Gasteiger partial charge in [-0.3, -0.25) is 4.79 Å². The van der Waals surface area contributed by atoms with E-state index in [-0.39, 0.29) is 17.7 Å². The Labute approximate surface area is 157 Å². The van der Waals surface area contributed by atoms with Crippen LogP contribution in [0.25, 0.3) is 0 Å². The Hall–Kier alpha value is -2.53. The Kier molecular flexibility index (Phi) is 5.78. The second kappa shape index (κ2) is 8.23. The van der Waals surface area contributed by atoms with Crippen LogP contribution in [0.3, 0.4) is 0 Å². The van der Waals surface area contributed by atoms with Gasteiger partial charge in [0.15, 0.2) is 5.78 Å². The van der Waals surface area contributed by atoms with Crippen molar-refractivity contribution in [2.24, 2.45) is 5.92 Å². The average Bonchev–Trinajstić information content (AvgIpc) is 2.68. The quantitative estimate of drug-likeness (QED) is 0.805. The van der Waals surface area contributed by atoms with Crippen molar-refractivity contribution >= 4 is 29.1 Å². The van der Waals surface area contributed by atoms with E-state index < -0.39 is 0 Å². The molecule has 1 aliphatic rings. The van der Waals surface area contributed by atoms with Crippen molar-refractivity contribution in [2.45, 2.75) is 12.8 Å². The second-order valence-corrected chi connectivity index (χ2v) is 6.73. The normalized spacial score (nSPS) is 14.8. The van der Waals surface area contributed by atoms with Crippen molar-refractivity contribution in [2.75, 3.05) is 25.5 Å². The minimum Gasteiger partial charge on any atom is -0.497 e. The zero-order valence-electron chi connectivity index (χ0n) is 14.6. The highest BCUT2D eigenvalue weighted by Crippen LogP contribution is 2.24. The number of urea groups is 1. The van der Waals surface area contributed by atoms with E-state index in [9.17, 15) is 9.59 Å². The minimum absolute atomic E-state index is 0.0583. The van der Waals surface area contributed by atoms with Gasteiger partial charge >= 0.3 is 6.03 Å². The number of likely N-dealkylation sites (tertiary alicyclic amines) is 1. The molecule has 0 bridgehead atoms. The summed E-state index contributed by atoms with van der Waals surface area (Å²) < 4.78 is 5.16. The fourth-order valence-corrected chi connectivity index (χ4v) is 3.22. The molecule has 0 saturated carbocycles. The van der Waals surface area contributed by atoms with E-state index in [1.54, 1.807) is 42.3 Å². The van der Waals surface area contributed by atoms with Crippen LogP contribution in [0.15, 0.2) is 48.5 Å². The average molecular weight is 373 g/mol. The van der Waals surface area contributed by atoms with Crippen molar-refractivity contribution in [3.8, 4) is 5.75 Å². The second-order valence-electron chi connectivity index (χ2n) is 6.29. The summed E-state index contributed by atoms with van der Waals surface area (Å²) in [6.07, 6.45) is 1.32. The van der Waals surface area contributed by atoms with Gasteiger partial charge in [-0.15, -0.1) is 0 Å². The summed E-state index contributed by atoms with van der Waals surface area (Å²) in [5, 5.41) is 3.49. The molecule has 2 aromatic carbocycles. The van der Waals surface area contributed by atoms with Gasteiger partial charge in [0.05, 0.1) is 7.11 Å². The van der Waals surface area contributed by atoms with E-state index in [2.05, 4.69) is 5.32 Å². The number of rotatable bonds is 4. The lowest BCUT2D eigenvalue weighted by atomic mass is 9.89. The van der Waals surface area contributed by atoms with Crippen LogP contribution in [0, 0.1) is 5.92 Å². The number of nitrogens with zero attached hydrogens (tertiary/aromatic N) is 1. The van der Waals surface area contributed by atoms with E-state index in [1.807, 2.05) is 18.2 Å². The smallest absolute Gasteiger partial charge is 0.321 e. The van der Waals surface area contributed by atoms with Crippen LogP contribution in [0.5, 0.6) is 5.75 Å². The summed E-state index contributed by atoms with van der Waals surface area (Å²) in [4.78, 5) is 26.7. The Morgan fingerprint density at radius 3 is 2.46 bits per heavy atom. The van der Waals surface area contributed by atoms with Crippen LogP contribution < -0.4 is 10.1 Å². The zero-order chi connectivity index (χ0) is 18.5. The third kappa shape index (κ3) is 4.35. The molecule has 2 aromatic rings. The lowest BCUT2D eigenvalue weighted by molar-refractivity contribution is 0.0859. The van der Waals surface area contributed by atoms with Crippen LogP contribution >= 0.6 is 11.6 Å². The summed E-state index contributed by atoms with van der Waals surface area (Å²) in [7, 11) is 1.59. The summed E-state index contributed by atoms with van der Waals surface area (Å²) in [5.41, 5.74) is 1.36. The number of halogens is 1. The van der Waals surface area contributed by atoms with Crippen molar-refractivity contribution in [1.29, 1.82) is 0 Å². The molecule has 0 radical (unpaired) electrons. The first-order chi connectivity index (χ1) is 12.6. The third-order valence-electron chi connectivity index (χ3n) is 4.60. The molecular weight excluding hydrogens is 352 g/mol. The zero-order valence-corrected chi connectivity index (χ0v) is 15.3. The third-order valence-corrected chi connectivity index (χ3v) is 4.85. The van der Waals surface area contributed by atoms with Crippen molar-refractivity contribution in [3.63, 3.8) is 0 Å². The number of methoxy groups -OCH3 is 1. The Balaban J connectivity index is 1.55. The lowest BCUT2D eigenvalue weighted by Crippen LogP contribution is -2.42. The van der Waals surface area contributed by atoms with E-state index in [4.69, 9.17) is 16.3 Å². The molecule has 1 aliphatic heterocycles. The van der Waals surface area contributed by atoms with Gasteiger partial charge in [-0.25, -0.2) is 4.79 Å². The summed E-state index contributed by atoms with van der Waals surface area (Å²) in [5.74, 6) is 0.752. The van der Waals surface area contributed by atoms with E-state index in [1.165, 1.54) is 0 Å². The highest BCUT2D eigenvalue weighted by Gasteiger charge is 2.28. The van der Waals surface area contributed by atoms with E-state index >= 15 is 0 Å². The maximum atomic E-state index is 12.6. The number of anilines is 1. The first kappa shape index (κ1) is 18.3. The summed E-state index contributed by atoms with van der Waals surface area (Å²) in [6, 6.07) is 14.0. The number of ether oxygens (including phenoxy) is 1. The Morgan fingerprint density at radius 1 is 1.12 bits per heavy atom. The van der Waals surface area contributed by atoms with Crippen LogP contribution in [0.1, 0.15) is 23.2 Å². The number of hydrogen-bond acceptors (Lipinski definition) is 3. The maximum Gasteiger partial charge on any atom is 0.321 e. The van der Waals surface area contributed by atoms with Gasteiger partial charge in [-0.05, 0) is 49.2 Å². The van der Waals surface area contributed by atoms with Gasteiger partial charge in [0.2, 0.25) is 0 Å². The first-order valence-corrected chi connectivity index (χ1v) is 8.94. The topological polar surface area (TPSA) is 58.6 Å². The number of carbonyl (C=O) groups excluding carboxylic acids is 2.